The van der Waals surface area contributed by atoms with Crippen LogP contribution in [0.2, 0.25) is 0 Å². The number of carbonyl (C=O) groups excluding carboxylic acids is 1. The van der Waals surface area contributed by atoms with Gasteiger partial charge in [0.25, 0.3) is 0 Å². The van der Waals surface area contributed by atoms with Gasteiger partial charge in [0.1, 0.15) is 17.9 Å². The van der Waals surface area contributed by atoms with Crippen molar-refractivity contribution in [2.45, 2.75) is 32.2 Å². The molecule has 39 heavy (non-hydrogen) atoms. The Morgan fingerprint density at radius 3 is 2.90 bits per heavy atom. The van der Waals surface area contributed by atoms with Gasteiger partial charge in [-0.2, -0.15) is 0 Å². The number of hydrogen-bond acceptors (Lipinski definition) is 8. The second-order valence-corrected chi connectivity index (χ2v) is 9.88. The van der Waals surface area contributed by atoms with Crippen LogP contribution in [0.4, 0.5) is 11.5 Å². The molecule has 1 N–H and O–H groups in total. The number of allylic oxidation sites excluding steroid dienone is 1. The van der Waals surface area contributed by atoms with Gasteiger partial charge in [-0.25, -0.2) is 19.5 Å². The van der Waals surface area contributed by atoms with Gasteiger partial charge in [0.05, 0.1) is 5.52 Å². The molecular weight excluding hydrogens is 490 g/mol. The van der Waals surface area contributed by atoms with Crippen LogP contribution in [0.25, 0.3) is 16.6 Å². The molecule has 0 saturated carbocycles. The molecule has 3 aromatic heterocycles. The van der Waals surface area contributed by atoms with E-state index in [-0.39, 0.29) is 5.78 Å². The molecule has 6 rings (SSSR count). The normalized spacial score (nSPS) is 15.9. The minimum Gasteiger partial charge on any atom is -0.437 e. The number of rotatable bonds is 8. The first-order valence-corrected chi connectivity index (χ1v) is 13.0. The summed E-state index contributed by atoms with van der Waals surface area (Å²) in [5.74, 6) is 1.96. The van der Waals surface area contributed by atoms with Crippen LogP contribution >= 0.6 is 0 Å². The highest BCUT2D eigenvalue weighted by atomic mass is 16.5. The molecule has 1 fully saturated rings. The summed E-state index contributed by atoms with van der Waals surface area (Å²) in [5, 5.41) is 8.70. The Balaban J connectivity index is 1.18. The van der Waals surface area contributed by atoms with Crippen LogP contribution < -0.4 is 10.1 Å². The van der Waals surface area contributed by atoms with Crippen molar-refractivity contribution in [3.05, 3.63) is 90.5 Å². The number of ketones is 1. The first-order chi connectivity index (χ1) is 19.0. The second-order valence-electron chi connectivity index (χ2n) is 9.88. The third kappa shape index (κ3) is 5.49. The molecule has 1 saturated heterocycles. The van der Waals surface area contributed by atoms with E-state index in [0.717, 1.165) is 46.3 Å². The van der Waals surface area contributed by atoms with Crippen molar-refractivity contribution in [1.82, 2.24) is 29.5 Å². The quantitative estimate of drug-likeness (QED) is 0.277. The van der Waals surface area contributed by atoms with Crippen LogP contribution in [0.15, 0.2) is 79.4 Å². The van der Waals surface area contributed by atoms with Gasteiger partial charge >= 0.3 is 0 Å². The monoisotopic (exact) mass is 519 g/mol. The van der Waals surface area contributed by atoms with E-state index in [9.17, 15) is 4.79 Å². The van der Waals surface area contributed by atoms with E-state index in [1.165, 1.54) is 6.42 Å². The van der Waals surface area contributed by atoms with E-state index < -0.39 is 0 Å². The number of nitrogens with one attached hydrogen (secondary N) is 1. The van der Waals surface area contributed by atoms with Crippen molar-refractivity contribution in [3.63, 3.8) is 0 Å². The maximum absolute atomic E-state index is 12.7. The molecule has 1 aliphatic heterocycles. The summed E-state index contributed by atoms with van der Waals surface area (Å²) in [5.41, 5.74) is 4.30. The summed E-state index contributed by atoms with van der Waals surface area (Å²) in [6.45, 7) is 3.06. The van der Waals surface area contributed by atoms with Gasteiger partial charge in [-0.05, 0) is 87.0 Å². The van der Waals surface area contributed by atoms with Crippen molar-refractivity contribution < 1.29 is 9.53 Å². The van der Waals surface area contributed by atoms with E-state index in [0.29, 0.717) is 29.9 Å². The van der Waals surface area contributed by atoms with E-state index in [1.54, 1.807) is 35.4 Å². The van der Waals surface area contributed by atoms with Gasteiger partial charge < -0.3 is 10.1 Å². The zero-order chi connectivity index (χ0) is 26.8. The van der Waals surface area contributed by atoms with Crippen molar-refractivity contribution in [2.75, 3.05) is 18.9 Å². The van der Waals surface area contributed by atoms with Crippen LogP contribution in [0, 0.1) is 6.92 Å². The van der Waals surface area contributed by atoms with Gasteiger partial charge in [0.2, 0.25) is 5.88 Å². The first-order valence-electron chi connectivity index (χ1n) is 13.0. The zero-order valence-corrected chi connectivity index (χ0v) is 21.9. The van der Waals surface area contributed by atoms with Crippen LogP contribution in [-0.2, 0) is 11.2 Å². The lowest BCUT2D eigenvalue weighted by molar-refractivity contribution is -0.114. The lowest BCUT2D eigenvalue weighted by Crippen LogP contribution is -2.22. The minimum absolute atomic E-state index is 0.0916. The van der Waals surface area contributed by atoms with E-state index >= 15 is 0 Å². The predicted molar refractivity (Wildman–Crippen MR) is 151 cm³/mol. The number of aromatic nitrogens is 5. The molecule has 0 bridgehead atoms. The number of carbonyl (C=O) groups is 1. The summed E-state index contributed by atoms with van der Waals surface area (Å²) in [7, 11) is 2.10. The van der Waals surface area contributed by atoms with E-state index in [4.69, 9.17) is 4.74 Å². The van der Waals surface area contributed by atoms with Crippen LogP contribution in [0.1, 0.15) is 24.0 Å². The van der Waals surface area contributed by atoms with Gasteiger partial charge in [-0.3, -0.25) is 9.69 Å². The highest BCUT2D eigenvalue weighted by Gasteiger charge is 2.18. The lowest BCUT2D eigenvalue weighted by atomic mass is 10.0. The fraction of sp³-hybridized carbons (Fsp3) is 0.233. The molecule has 9 nitrogen and oxygen atoms in total. The fourth-order valence-corrected chi connectivity index (χ4v) is 4.91. The molecule has 0 spiro atoms. The Hall–Kier alpha value is -4.63. The number of ether oxygens (including phenoxy) is 1. The topological polar surface area (TPSA) is 97.5 Å². The molecule has 1 atom stereocenters. The molecule has 0 aliphatic carbocycles. The third-order valence-electron chi connectivity index (χ3n) is 7.04. The van der Waals surface area contributed by atoms with Gasteiger partial charge in [-0.15, -0.1) is 5.10 Å². The van der Waals surface area contributed by atoms with E-state index in [2.05, 4.69) is 37.3 Å². The Kier molecular flexibility index (Phi) is 6.73. The zero-order valence-electron chi connectivity index (χ0n) is 21.9. The maximum Gasteiger partial charge on any atom is 0.237 e. The summed E-state index contributed by atoms with van der Waals surface area (Å²) in [4.78, 5) is 28.1. The van der Waals surface area contributed by atoms with Crippen LogP contribution in [-0.4, -0.2) is 54.9 Å². The number of aryl methyl sites for hydroxylation is 1. The molecule has 196 valence electrons. The van der Waals surface area contributed by atoms with Crippen molar-refractivity contribution >= 4 is 33.8 Å². The standard InChI is InChI=1S/C30H29N7O2/c1-20-16-22(6-10-27(20)39-29-12-11-28-31-13-15-37(28)35-29)34-30-25-18-21(5-9-26(25)32-19-33-30)17-24(38)8-7-23-4-3-14-36(23)2/h5-13,15-16,18-19,23H,3-4,14,17H2,1-2H3,(H,32,33,34)/b8-7+/t23-/m1/s1. The lowest BCUT2D eigenvalue weighted by Gasteiger charge is -2.14. The minimum atomic E-state index is 0.0916. The Morgan fingerprint density at radius 1 is 1.13 bits per heavy atom. The summed E-state index contributed by atoms with van der Waals surface area (Å²) < 4.78 is 7.69. The molecule has 1 aliphatic rings. The number of likely N-dealkylation sites (tertiary alicyclic amines) is 1. The highest BCUT2D eigenvalue weighted by Crippen LogP contribution is 2.29. The number of hydrogen-bond donors (Lipinski definition) is 1. The predicted octanol–water partition coefficient (Wildman–Crippen LogP) is 5.28. The molecule has 0 amide bonds. The molecule has 2 aromatic carbocycles. The molecule has 0 radical (unpaired) electrons. The van der Waals surface area contributed by atoms with E-state index in [1.807, 2.05) is 55.5 Å². The summed E-state index contributed by atoms with van der Waals surface area (Å²) >= 11 is 0. The van der Waals surface area contributed by atoms with Crippen LogP contribution in [0.5, 0.6) is 11.6 Å². The summed E-state index contributed by atoms with van der Waals surface area (Å²) in [6, 6.07) is 15.7. The fourth-order valence-electron chi connectivity index (χ4n) is 4.91. The van der Waals surface area contributed by atoms with Crippen molar-refractivity contribution in [2.24, 2.45) is 0 Å². The molecule has 0 unspecified atom stereocenters. The Labute approximate surface area is 226 Å². The number of fused-ring (bicyclic) bond motifs is 2. The maximum atomic E-state index is 12.7. The number of nitrogens with zero attached hydrogens (tertiary/aromatic N) is 6. The molecular formula is C30H29N7O2. The highest BCUT2D eigenvalue weighted by molar-refractivity contribution is 5.94. The average molecular weight is 520 g/mol. The Morgan fingerprint density at radius 2 is 2.05 bits per heavy atom. The first kappa shape index (κ1) is 24.7. The third-order valence-corrected chi connectivity index (χ3v) is 7.04. The van der Waals surface area contributed by atoms with Gasteiger partial charge in [0.15, 0.2) is 11.4 Å². The van der Waals surface area contributed by atoms with Crippen LogP contribution in [0.3, 0.4) is 0 Å². The van der Waals surface area contributed by atoms with Crippen molar-refractivity contribution in [3.8, 4) is 11.6 Å². The molecule has 4 heterocycles. The number of likely N-dealkylation sites (N-methyl/N-ethyl adjacent to an activating group) is 1. The SMILES string of the molecule is Cc1cc(Nc2ncnc3ccc(CC(=O)/C=C/[C@H]4CCCN4C)cc23)ccc1Oc1ccc2nccn2n1. The van der Waals surface area contributed by atoms with Gasteiger partial charge in [0, 0.05) is 42.0 Å². The largest absolute Gasteiger partial charge is 0.437 e. The Bertz CT molecular complexity index is 1690. The number of benzene rings is 2. The smallest absolute Gasteiger partial charge is 0.237 e. The average Bonchev–Trinajstić information content (AvgIpc) is 3.57. The molecule has 9 heteroatoms. The number of imidazole rings is 1. The van der Waals surface area contributed by atoms with Crippen molar-refractivity contribution in [1.29, 1.82) is 0 Å². The van der Waals surface area contributed by atoms with Gasteiger partial charge in [-0.1, -0.05) is 12.1 Å². The summed E-state index contributed by atoms with van der Waals surface area (Å²) in [6.07, 6.45) is 11.4. The number of anilines is 2. The second kappa shape index (κ2) is 10.6. The molecule has 5 aromatic rings.